The van der Waals surface area contributed by atoms with Crippen molar-refractivity contribution in [2.75, 3.05) is 13.7 Å². The number of hydrogen-bond donors (Lipinski definition) is 1. The Balaban J connectivity index is 2.98. The van der Waals surface area contributed by atoms with Crippen LogP contribution in [-0.2, 0) is 6.42 Å². The monoisotopic (exact) mass is 289 g/mol. The molecular weight excluding hydrogens is 273 g/mol. The van der Waals surface area contributed by atoms with E-state index >= 15 is 0 Å². The number of methoxy groups -OCH3 is 1. The molecule has 4 heteroatoms. The minimum absolute atomic E-state index is 0.251. The quantitative estimate of drug-likeness (QED) is 0.845. The van der Waals surface area contributed by atoms with E-state index in [4.69, 9.17) is 10.5 Å². The molecule has 0 amide bonds. The van der Waals surface area contributed by atoms with Crippen molar-refractivity contribution in [3.63, 3.8) is 0 Å². The average molecular weight is 290 g/mol. The van der Waals surface area contributed by atoms with Gasteiger partial charge in [0.05, 0.1) is 11.6 Å². The first-order valence-corrected chi connectivity index (χ1v) is 6.12. The smallest absolute Gasteiger partial charge is 0.143 e. The Labute approximate surface area is 104 Å². The van der Waals surface area contributed by atoms with Gasteiger partial charge in [-0.3, -0.25) is 0 Å². The topological polar surface area (TPSA) is 35.2 Å². The minimum atomic E-state index is -0.251. The Morgan fingerprint density at radius 1 is 1.44 bits per heavy atom. The number of ether oxygens (including phenoxy) is 1. The first kappa shape index (κ1) is 13.5. The summed E-state index contributed by atoms with van der Waals surface area (Å²) < 4.78 is 19.3. The molecule has 1 rings (SSSR count). The molecular formula is C12H17BrFNO. The number of nitrogens with two attached hydrogens (primary N) is 1. The molecule has 0 saturated heterocycles. The van der Waals surface area contributed by atoms with Crippen LogP contribution in [0.4, 0.5) is 4.39 Å². The zero-order chi connectivity index (χ0) is 12.1. The fourth-order valence-corrected chi connectivity index (χ4v) is 2.30. The largest absolute Gasteiger partial charge is 0.496 e. The molecule has 1 aromatic carbocycles. The second-order valence-corrected chi connectivity index (χ2v) is 4.59. The van der Waals surface area contributed by atoms with Crippen LogP contribution >= 0.6 is 15.9 Å². The van der Waals surface area contributed by atoms with Gasteiger partial charge in [-0.25, -0.2) is 4.39 Å². The summed E-state index contributed by atoms with van der Waals surface area (Å²) in [5.74, 6) is 0.400. The third-order valence-corrected chi connectivity index (χ3v) is 3.15. The summed E-state index contributed by atoms with van der Waals surface area (Å²) in [6, 6.07) is 1.79. The highest BCUT2D eigenvalue weighted by Crippen LogP contribution is 2.32. The summed E-state index contributed by atoms with van der Waals surface area (Å²) in [7, 11) is 1.57. The number of hydrogen-bond acceptors (Lipinski definition) is 2. The summed E-state index contributed by atoms with van der Waals surface area (Å²) in [5.41, 5.74) is 7.03. The molecule has 2 nitrogen and oxygen atoms in total. The summed E-state index contributed by atoms with van der Waals surface area (Å²) in [6.45, 7) is 2.41. The minimum Gasteiger partial charge on any atom is -0.496 e. The lowest BCUT2D eigenvalue weighted by atomic mass is 10.0. The normalized spacial score (nSPS) is 10.6. The lowest BCUT2D eigenvalue weighted by molar-refractivity contribution is 0.401. The Morgan fingerprint density at radius 2 is 2.12 bits per heavy atom. The van der Waals surface area contributed by atoms with Gasteiger partial charge in [0.1, 0.15) is 11.6 Å². The van der Waals surface area contributed by atoms with E-state index in [0.29, 0.717) is 22.3 Å². The van der Waals surface area contributed by atoms with E-state index in [9.17, 15) is 4.39 Å². The molecule has 0 heterocycles. The van der Waals surface area contributed by atoms with Crippen molar-refractivity contribution in [1.29, 1.82) is 0 Å². The van der Waals surface area contributed by atoms with Crippen LogP contribution < -0.4 is 10.5 Å². The Bertz CT molecular complexity index is 369. The highest BCUT2D eigenvalue weighted by molar-refractivity contribution is 9.10. The first-order valence-electron chi connectivity index (χ1n) is 5.33. The maximum Gasteiger partial charge on any atom is 0.143 e. The van der Waals surface area contributed by atoms with Gasteiger partial charge in [-0.05, 0) is 60.3 Å². The van der Waals surface area contributed by atoms with Crippen LogP contribution in [-0.4, -0.2) is 13.7 Å². The van der Waals surface area contributed by atoms with Crippen LogP contribution in [0.5, 0.6) is 5.75 Å². The second kappa shape index (κ2) is 6.21. The molecule has 0 fully saturated rings. The zero-order valence-electron chi connectivity index (χ0n) is 9.65. The number of benzene rings is 1. The van der Waals surface area contributed by atoms with Gasteiger partial charge in [0.25, 0.3) is 0 Å². The lowest BCUT2D eigenvalue weighted by Gasteiger charge is -2.13. The molecule has 0 spiro atoms. The number of rotatable bonds is 5. The van der Waals surface area contributed by atoms with E-state index in [0.717, 1.165) is 24.8 Å². The summed E-state index contributed by atoms with van der Waals surface area (Å²) in [6.07, 6.45) is 2.82. The summed E-state index contributed by atoms with van der Waals surface area (Å²) in [4.78, 5) is 0. The van der Waals surface area contributed by atoms with Gasteiger partial charge in [0, 0.05) is 5.56 Å². The molecule has 0 aromatic heterocycles. The molecule has 1 aromatic rings. The second-order valence-electron chi connectivity index (χ2n) is 3.74. The van der Waals surface area contributed by atoms with Crippen LogP contribution in [0, 0.1) is 12.7 Å². The van der Waals surface area contributed by atoms with Gasteiger partial charge in [-0.2, -0.15) is 0 Å². The predicted molar refractivity (Wildman–Crippen MR) is 67.4 cm³/mol. The standard InChI is InChI=1S/C12H17BrFNO/c1-8-11(14)10(13)7-9(12(8)16-2)5-3-4-6-15/h7H,3-6,15H2,1-2H3. The molecule has 0 unspecified atom stereocenters. The highest BCUT2D eigenvalue weighted by atomic mass is 79.9. The van der Waals surface area contributed by atoms with Crippen molar-refractivity contribution in [2.45, 2.75) is 26.2 Å². The van der Waals surface area contributed by atoms with Crippen molar-refractivity contribution in [3.8, 4) is 5.75 Å². The predicted octanol–water partition coefficient (Wildman–Crippen LogP) is 3.19. The number of unbranched alkanes of at least 4 members (excludes halogenated alkanes) is 1. The Kier molecular flexibility index (Phi) is 5.22. The van der Waals surface area contributed by atoms with Gasteiger partial charge in [-0.1, -0.05) is 0 Å². The van der Waals surface area contributed by atoms with Crippen molar-refractivity contribution in [3.05, 3.63) is 27.5 Å². The average Bonchev–Trinajstić information content (AvgIpc) is 2.27. The SMILES string of the molecule is COc1c(CCCCN)cc(Br)c(F)c1C. The molecule has 0 aliphatic heterocycles. The van der Waals surface area contributed by atoms with Crippen LogP contribution in [0.15, 0.2) is 10.5 Å². The Hall–Kier alpha value is -0.610. The van der Waals surface area contributed by atoms with Crippen LogP contribution in [0.25, 0.3) is 0 Å². The van der Waals surface area contributed by atoms with Crippen LogP contribution in [0.1, 0.15) is 24.0 Å². The summed E-state index contributed by atoms with van der Waals surface area (Å²) >= 11 is 3.21. The van der Waals surface area contributed by atoms with Gasteiger partial charge in [0.15, 0.2) is 0 Å². The zero-order valence-corrected chi connectivity index (χ0v) is 11.2. The van der Waals surface area contributed by atoms with Gasteiger partial charge >= 0.3 is 0 Å². The fraction of sp³-hybridized carbons (Fsp3) is 0.500. The Morgan fingerprint density at radius 3 is 2.69 bits per heavy atom. The third kappa shape index (κ3) is 2.95. The lowest BCUT2D eigenvalue weighted by Crippen LogP contribution is -2.02. The molecule has 0 radical (unpaired) electrons. The molecule has 16 heavy (non-hydrogen) atoms. The van der Waals surface area contributed by atoms with E-state index in [1.165, 1.54) is 0 Å². The first-order chi connectivity index (χ1) is 7.61. The van der Waals surface area contributed by atoms with Gasteiger partial charge in [-0.15, -0.1) is 0 Å². The highest BCUT2D eigenvalue weighted by Gasteiger charge is 2.14. The van der Waals surface area contributed by atoms with Crippen molar-refractivity contribution in [2.24, 2.45) is 5.73 Å². The number of aryl methyl sites for hydroxylation is 1. The van der Waals surface area contributed by atoms with E-state index in [2.05, 4.69) is 15.9 Å². The van der Waals surface area contributed by atoms with Crippen molar-refractivity contribution in [1.82, 2.24) is 0 Å². The maximum absolute atomic E-state index is 13.6. The van der Waals surface area contributed by atoms with Gasteiger partial charge in [0.2, 0.25) is 0 Å². The van der Waals surface area contributed by atoms with Crippen LogP contribution in [0.2, 0.25) is 0 Å². The van der Waals surface area contributed by atoms with E-state index in [1.54, 1.807) is 20.1 Å². The molecule has 0 atom stereocenters. The van der Waals surface area contributed by atoms with E-state index in [1.807, 2.05) is 0 Å². The fourth-order valence-electron chi connectivity index (χ4n) is 1.73. The molecule has 0 saturated carbocycles. The maximum atomic E-state index is 13.6. The van der Waals surface area contributed by atoms with E-state index < -0.39 is 0 Å². The van der Waals surface area contributed by atoms with E-state index in [-0.39, 0.29) is 5.82 Å². The van der Waals surface area contributed by atoms with Gasteiger partial charge < -0.3 is 10.5 Å². The molecule has 90 valence electrons. The molecule has 0 bridgehead atoms. The molecule has 2 N–H and O–H groups in total. The molecule has 0 aliphatic rings. The van der Waals surface area contributed by atoms with Crippen LogP contribution in [0.3, 0.4) is 0 Å². The number of halogens is 2. The summed E-state index contributed by atoms with van der Waals surface area (Å²) in [5, 5.41) is 0. The van der Waals surface area contributed by atoms with Crippen molar-refractivity contribution < 1.29 is 9.13 Å². The van der Waals surface area contributed by atoms with Crippen molar-refractivity contribution >= 4 is 15.9 Å². The third-order valence-electron chi connectivity index (χ3n) is 2.58. The molecule has 0 aliphatic carbocycles.